The van der Waals surface area contributed by atoms with Crippen LogP contribution in [0.5, 0.6) is 0 Å². The van der Waals surface area contributed by atoms with Crippen molar-refractivity contribution in [2.75, 3.05) is 0 Å². The Labute approximate surface area is 118 Å². The Morgan fingerprint density at radius 3 is 2.37 bits per heavy atom. The normalized spacial score (nSPS) is 11.7. The predicted octanol–water partition coefficient (Wildman–Crippen LogP) is 3.15. The third-order valence-electron chi connectivity index (χ3n) is 3.04. The summed E-state index contributed by atoms with van der Waals surface area (Å²) >= 11 is 1.63. The summed E-state index contributed by atoms with van der Waals surface area (Å²) in [5.41, 5.74) is 1.96. The van der Waals surface area contributed by atoms with Crippen molar-refractivity contribution in [3.8, 4) is 0 Å². The molecule has 0 radical (unpaired) electrons. The van der Waals surface area contributed by atoms with Gasteiger partial charge in [0.15, 0.2) is 0 Å². The van der Waals surface area contributed by atoms with E-state index in [1.807, 2.05) is 26.0 Å². The van der Waals surface area contributed by atoms with Crippen molar-refractivity contribution in [2.24, 2.45) is 0 Å². The fourth-order valence-corrected chi connectivity index (χ4v) is 4.17. The zero-order valence-corrected chi connectivity index (χ0v) is 12.9. The predicted molar refractivity (Wildman–Crippen MR) is 79.0 cm³/mol. The van der Waals surface area contributed by atoms with Crippen LogP contribution in [0.3, 0.4) is 0 Å². The van der Waals surface area contributed by atoms with Crippen LogP contribution < -0.4 is 4.72 Å². The van der Waals surface area contributed by atoms with Gasteiger partial charge in [0.2, 0.25) is 10.0 Å². The molecule has 0 saturated carbocycles. The molecule has 0 fully saturated rings. The quantitative estimate of drug-likeness (QED) is 0.942. The first kappa shape index (κ1) is 14.2. The molecular formula is C14H17NO2S2. The highest BCUT2D eigenvalue weighted by Gasteiger charge is 2.16. The molecule has 2 rings (SSSR count). The number of nitrogens with one attached hydrogen (secondary N) is 1. The van der Waals surface area contributed by atoms with Crippen molar-refractivity contribution in [1.29, 1.82) is 0 Å². The third-order valence-corrected chi connectivity index (χ3v) is 5.75. The number of aryl methyl sites for hydroxylation is 3. The second kappa shape index (κ2) is 5.45. The Kier molecular flexibility index (Phi) is 4.08. The van der Waals surface area contributed by atoms with Gasteiger partial charge in [-0.1, -0.05) is 18.2 Å². The van der Waals surface area contributed by atoms with Crippen LogP contribution in [0.4, 0.5) is 0 Å². The molecule has 0 unspecified atom stereocenters. The Morgan fingerprint density at radius 2 is 1.79 bits per heavy atom. The lowest BCUT2D eigenvalue weighted by Crippen LogP contribution is -2.23. The maximum absolute atomic E-state index is 12.2. The summed E-state index contributed by atoms with van der Waals surface area (Å²) in [5.74, 6) is 0. The van der Waals surface area contributed by atoms with Gasteiger partial charge >= 0.3 is 0 Å². The van der Waals surface area contributed by atoms with Crippen LogP contribution in [0.2, 0.25) is 0 Å². The minimum absolute atomic E-state index is 0.343. The van der Waals surface area contributed by atoms with Gasteiger partial charge in [-0.25, -0.2) is 13.1 Å². The fraction of sp³-hybridized carbons (Fsp3) is 0.286. The highest BCUT2D eigenvalue weighted by Crippen LogP contribution is 2.21. The van der Waals surface area contributed by atoms with Crippen LogP contribution in [0.25, 0.3) is 0 Å². The second-order valence-corrected chi connectivity index (χ2v) is 7.62. The minimum atomic E-state index is -3.44. The molecule has 1 heterocycles. The lowest BCUT2D eigenvalue weighted by Gasteiger charge is -2.08. The van der Waals surface area contributed by atoms with E-state index in [0.717, 1.165) is 10.4 Å². The lowest BCUT2D eigenvalue weighted by atomic mass is 10.2. The van der Waals surface area contributed by atoms with Crippen molar-refractivity contribution < 1.29 is 8.42 Å². The zero-order chi connectivity index (χ0) is 14.0. The fourth-order valence-electron chi connectivity index (χ4n) is 1.84. The van der Waals surface area contributed by atoms with Gasteiger partial charge < -0.3 is 0 Å². The summed E-state index contributed by atoms with van der Waals surface area (Å²) in [5, 5.41) is 0. The van der Waals surface area contributed by atoms with E-state index in [-0.39, 0.29) is 0 Å². The SMILES string of the molecule is Cc1ccccc1S(=O)(=O)NCc1cc(C)c(C)s1. The molecule has 1 N–H and O–H groups in total. The number of hydrogen-bond acceptors (Lipinski definition) is 3. The molecule has 1 aromatic heterocycles. The van der Waals surface area contributed by atoms with Gasteiger partial charge in [0.05, 0.1) is 4.90 Å². The van der Waals surface area contributed by atoms with Crippen molar-refractivity contribution in [3.05, 3.63) is 51.2 Å². The minimum Gasteiger partial charge on any atom is -0.207 e. The average Bonchev–Trinajstić information content (AvgIpc) is 2.67. The van der Waals surface area contributed by atoms with E-state index >= 15 is 0 Å². The molecule has 102 valence electrons. The molecule has 0 aliphatic heterocycles. The van der Waals surface area contributed by atoms with E-state index < -0.39 is 10.0 Å². The monoisotopic (exact) mass is 295 g/mol. The standard InChI is InChI=1S/C14H17NO2S2/c1-10-6-4-5-7-14(10)19(16,17)15-9-13-8-11(2)12(3)18-13/h4-8,15H,9H2,1-3H3. The first-order valence-electron chi connectivity index (χ1n) is 6.01. The van der Waals surface area contributed by atoms with E-state index in [9.17, 15) is 8.42 Å². The van der Waals surface area contributed by atoms with Gasteiger partial charge in [-0.05, 0) is 44.0 Å². The van der Waals surface area contributed by atoms with Gasteiger partial charge in [0.25, 0.3) is 0 Å². The molecule has 0 bridgehead atoms. The maximum Gasteiger partial charge on any atom is 0.241 e. The summed E-state index contributed by atoms with van der Waals surface area (Å²) in [6.45, 7) is 6.22. The summed E-state index contributed by atoms with van der Waals surface area (Å²) in [6, 6.07) is 9.03. The molecule has 0 saturated heterocycles. The van der Waals surface area contributed by atoms with Crippen LogP contribution in [0.1, 0.15) is 20.9 Å². The Bertz CT molecular complexity index is 668. The molecule has 0 atom stereocenters. The summed E-state index contributed by atoms with van der Waals surface area (Å²) in [7, 11) is -3.44. The van der Waals surface area contributed by atoms with Gasteiger partial charge in [0, 0.05) is 16.3 Å². The van der Waals surface area contributed by atoms with Crippen molar-refractivity contribution in [3.63, 3.8) is 0 Å². The second-order valence-electron chi connectivity index (χ2n) is 4.54. The van der Waals surface area contributed by atoms with Crippen molar-refractivity contribution >= 4 is 21.4 Å². The van der Waals surface area contributed by atoms with Crippen molar-refractivity contribution in [1.82, 2.24) is 4.72 Å². The summed E-state index contributed by atoms with van der Waals surface area (Å²) in [6.07, 6.45) is 0. The molecule has 0 spiro atoms. The van der Waals surface area contributed by atoms with Gasteiger partial charge in [-0.2, -0.15) is 0 Å². The van der Waals surface area contributed by atoms with Crippen molar-refractivity contribution in [2.45, 2.75) is 32.2 Å². The van der Waals surface area contributed by atoms with Crippen LogP contribution >= 0.6 is 11.3 Å². The zero-order valence-electron chi connectivity index (χ0n) is 11.2. The largest absolute Gasteiger partial charge is 0.241 e. The lowest BCUT2D eigenvalue weighted by molar-refractivity contribution is 0.581. The Morgan fingerprint density at radius 1 is 1.11 bits per heavy atom. The number of hydrogen-bond donors (Lipinski definition) is 1. The first-order chi connectivity index (χ1) is 8.90. The molecule has 2 aromatic rings. The molecular weight excluding hydrogens is 278 g/mol. The van der Waals surface area contributed by atoms with Crippen LogP contribution in [-0.2, 0) is 16.6 Å². The Hall–Kier alpha value is -1.17. The van der Waals surface area contributed by atoms with E-state index in [1.165, 1.54) is 10.4 Å². The average molecular weight is 295 g/mol. The first-order valence-corrected chi connectivity index (χ1v) is 8.31. The number of thiophene rings is 1. The van der Waals surface area contributed by atoms with Crippen LogP contribution in [0.15, 0.2) is 35.2 Å². The molecule has 0 amide bonds. The topological polar surface area (TPSA) is 46.2 Å². The van der Waals surface area contributed by atoms with E-state index in [0.29, 0.717) is 11.4 Å². The number of rotatable bonds is 4. The van der Waals surface area contributed by atoms with E-state index in [4.69, 9.17) is 0 Å². The summed E-state index contributed by atoms with van der Waals surface area (Å²) in [4.78, 5) is 2.61. The molecule has 0 aliphatic carbocycles. The highest BCUT2D eigenvalue weighted by atomic mass is 32.2. The number of sulfonamides is 1. The van der Waals surface area contributed by atoms with Crippen LogP contribution in [0, 0.1) is 20.8 Å². The molecule has 1 aromatic carbocycles. The highest BCUT2D eigenvalue weighted by molar-refractivity contribution is 7.89. The van der Waals surface area contributed by atoms with E-state index in [2.05, 4.69) is 4.72 Å². The Balaban J connectivity index is 2.17. The van der Waals surface area contributed by atoms with Crippen LogP contribution in [-0.4, -0.2) is 8.42 Å². The molecule has 19 heavy (non-hydrogen) atoms. The van der Waals surface area contributed by atoms with Gasteiger partial charge in [0.1, 0.15) is 0 Å². The number of benzene rings is 1. The smallest absolute Gasteiger partial charge is 0.207 e. The summed E-state index contributed by atoms with van der Waals surface area (Å²) < 4.78 is 27.1. The molecule has 3 nitrogen and oxygen atoms in total. The van der Waals surface area contributed by atoms with E-state index in [1.54, 1.807) is 36.5 Å². The van der Waals surface area contributed by atoms with Gasteiger partial charge in [-0.15, -0.1) is 11.3 Å². The maximum atomic E-state index is 12.2. The molecule has 5 heteroatoms. The third kappa shape index (κ3) is 3.23. The van der Waals surface area contributed by atoms with Gasteiger partial charge in [-0.3, -0.25) is 0 Å². The molecule has 0 aliphatic rings.